The molecule has 1 aliphatic heterocycles. The lowest BCUT2D eigenvalue weighted by Gasteiger charge is -2.17. The van der Waals surface area contributed by atoms with Gasteiger partial charge in [-0.05, 0) is 48.8 Å². The summed E-state index contributed by atoms with van der Waals surface area (Å²) in [6, 6.07) is 8.55. The topological polar surface area (TPSA) is 44.5 Å². The minimum Gasteiger partial charge on any atom is -0.497 e. The molecule has 0 aromatic heterocycles. The smallest absolute Gasteiger partial charge is 0.146 e. The Balaban J connectivity index is 1.72. The Morgan fingerprint density at radius 3 is 2.75 bits per heavy atom. The molecule has 2 N–H and O–H groups in total. The summed E-state index contributed by atoms with van der Waals surface area (Å²) in [6.45, 7) is 2.10. The molecule has 24 heavy (non-hydrogen) atoms. The van der Waals surface area contributed by atoms with Gasteiger partial charge in [0.1, 0.15) is 17.6 Å². The van der Waals surface area contributed by atoms with Crippen molar-refractivity contribution >= 4 is 5.57 Å². The first-order valence-corrected chi connectivity index (χ1v) is 8.24. The molecular formula is C21H21NO2. The summed E-state index contributed by atoms with van der Waals surface area (Å²) in [6.07, 6.45) is 11.3. The molecule has 0 amide bonds. The zero-order valence-electron chi connectivity index (χ0n) is 14.0. The number of ether oxygens (including phenoxy) is 2. The number of hydrogen-bond acceptors (Lipinski definition) is 3. The van der Waals surface area contributed by atoms with E-state index in [4.69, 9.17) is 15.2 Å². The van der Waals surface area contributed by atoms with Gasteiger partial charge in [0.2, 0.25) is 0 Å². The van der Waals surface area contributed by atoms with Crippen molar-refractivity contribution in [3.05, 3.63) is 88.6 Å². The fraction of sp³-hybridized carbons (Fsp3) is 0.238. The van der Waals surface area contributed by atoms with Gasteiger partial charge in [0, 0.05) is 11.5 Å². The number of methoxy groups -OCH3 is 1. The third-order valence-electron chi connectivity index (χ3n) is 4.82. The lowest BCUT2D eigenvalue weighted by atomic mass is 9.90. The lowest BCUT2D eigenvalue weighted by molar-refractivity contribution is 0.178. The van der Waals surface area contributed by atoms with Gasteiger partial charge in [-0.1, -0.05) is 35.9 Å². The number of aryl methyl sites for hydroxylation is 1. The van der Waals surface area contributed by atoms with Crippen molar-refractivity contribution in [2.24, 2.45) is 11.7 Å². The van der Waals surface area contributed by atoms with E-state index >= 15 is 0 Å². The van der Waals surface area contributed by atoms with Crippen LogP contribution in [0.1, 0.15) is 17.5 Å². The first-order valence-electron chi connectivity index (χ1n) is 8.24. The fourth-order valence-electron chi connectivity index (χ4n) is 3.47. The predicted octanol–water partition coefficient (Wildman–Crippen LogP) is 3.99. The second-order valence-corrected chi connectivity index (χ2v) is 6.42. The zero-order valence-corrected chi connectivity index (χ0v) is 14.0. The molecule has 2 aliphatic carbocycles. The van der Waals surface area contributed by atoms with Crippen LogP contribution in [0.3, 0.4) is 0 Å². The standard InChI is InChI=1S/C21H21NO2/c1-13-3-5-14(6-4-13)15-7-9-17-18-12-16(23-2)8-10-20(18)24-21(17)19(22)11-15/h3-6,8-12,18,20H,7,22H2,1-2H3. The maximum atomic E-state index is 6.36. The highest BCUT2D eigenvalue weighted by Gasteiger charge is 2.38. The van der Waals surface area contributed by atoms with Crippen molar-refractivity contribution in [2.45, 2.75) is 19.4 Å². The number of fused-ring (bicyclic) bond motifs is 3. The van der Waals surface area contributed by atoms with Gasteiger partial charge in [0.25, 0.3) is 0 Å². The van der Waals surface area contributed by atoms with Gasteiger partial charge in [0.15, 0.2) is 0 Å². The van der Waals surface area contributed by atoms with E-state index in [1.165, 1.54) is 16.7 Å². The van der Waals surface area contributed by atoms with Crippen LogP contribution in [-0.4, -0.2) is 13.2 Å². The molecule has 3 heteroatoms. The predicted molar refractivity (Wildman–Crippen MR) is 95.7 cm³/mol. The highest BCUT2D eigenvalue weighted by molar-refractivity contribution is 5.71. The normalized spacial score (nSPS) is 25.0. The van der Waals surface area contributed by atoms with Gasteiger partial charge in [-0.2, -0.15) is 0 Å². The van der Waals surface area contributed by atoms with Gasteiger partial charge in [0.05, 0.1) is 12.8 Å². The Hall–Kier alpha value is -2.68. The van der Waals surface area contributed by atoms with Crippen LogP contribution in [0.5, 0.6) is 0 Å². The third kappa shape index (κ3) is 2.46. The molecular weight excluding hydrogens is 298 g/mol. The summed E-state index contributed by atoms with van der Waals surface area (Å²) >= 11 is 0. The highest BCUT2D eigenvalue weighted by atomic mass is 16.5. The van der Waals surface area contributed by atoms with E-state index in [0.717, 1.165) is 23.5 Å². The third-order valence-corrected chi connectivity index (χ3v) is 4.82. The van der Waals surface area contributed by atoms with E-state index < -0.39 is 0 Å². The molecule has 0 saturated carbocycles. The minimum absolute atomic E-state index is 0.0121. The van der Waals surface area contributed by atoms with Gasteiger partial charge in [-0.3, -0.25) is 0 Å². The van der Waals surface area contributed by atoms with E-state index in [1.807, 2.05) is 18.2 Å². The first-order chi connectivity index (χ1) is 11.7. The van der Waals surface area contributed by atoms with Gasteiger partial charge >= 0.3 is 0 Å². The van der Waals surface area contributed by atoms with Crippen LogP contribution in [0.25, 0.3) is 5.57 Å². The van der Waals surface area contributed by atoms with E-state index in [-0.39, 0.29) is 12.0 Å². The molecule has 1 fully saturated rings. The number of rotatable bonds is 2. The number of nitrogens with two attached hydrogens (primary N) is 1. The minimum atomic E-state index is 0.0121. The SMILES string of the molecule is COC1=CC2C3=CCC(c4ccc(C)cc4)=CC(N)=C3OC2C=C1. The van der Waals surface area contributed by atoms with Gasteiger partial charge in [-0.15, -0.1) is 0 Å². The van der Waals surface area contributed by atoms with Crippen LogP contribution in [0.2, 0.25) is 0 Å². The maximum Gasteiger partial charge on any atom is 0.146 e. The van der Waals surface area contributed by atoms with Crippen LogP contribution >= 0.6 is 0 Å². The second kappa shape index (κ2) is 5.75. The Kier molecular flexibility index (Phi) is 3.57. The van der Waals surface area contributed by atoms with Crippen LogP contribution in [0, 0.1) is 12.8 Å². The molecule has 3 nitrogen and oxygen atoms in total. The van der Waals surface area contributed by atoms with E-state index in [2.05, 4.69) is 43.3 Å². The average molecular weight is 319 g/mol. The van der Waals surface area contributed by atoms with E-state index in [9.17, 15) is 0 Å². The molecule has 1 heterocycles. The summed E-state index contributed by atoms with van der Waals surface area (Å²) in [7, 11) is 1.69. The van der Waals surface area contributed by atoms with Crippen LogP contribution in [-0.2, 0) is 9.47 Å². The van der Waals surface area contributed by atoms with Crippen LogP contribution in [0.4, 0.5) is 0 Å². The molecule has 1 saturated heterocycles. The molecule has 2 unspecified atom stereocenters. The van der Waals surface area contributed by atoms with Crippen molar-refractivity contribution in [3.8, 4) is 0 Å². The molecule has 3 aliphatic rings. The molecule has 4 rings (SSSR count). The van der Waals surface area contributed by atoms with Gasteiger partial charge in [-0.25, -0.2) is 0 Å². The Bertz CT molecular complexity index is 822. The molecule has 122 valence electrons. The quantitative estimate of drug-likeness (QED) is 0.896. The van der Waals surface area contributed by atoms with E-state index in [0.29, 0.717) is 5.70 Å². The molecule has 1 aromatic rings. The average Bonchev–Trinajstić information content (AvgIpc) is 2.88. The monoisotopic (exact) mass is 319 g/mol. The highest BCUT2D eigenvalue weighted by Crippen LogP contribution is 2.43. The first kappa shape index (κ1) is 14.9. The van der Waals surface area contributed by atoms with Gasteiger partial charge < -0.3 is 15.2 Å². The summed E-state index contributed by atoms with van der Waals surface area (Å²) < 4.78 is 11.5. The second-order valence-electron chi connectivity index (χ2n) is 6.42. The Morgan fingerprint density at radius 2 is 2.00 bits per heavy atom. The largest absolute Gasteiger partial charge is 0.497 e. The van der Waals surface area contributed by atoms with Crippen molar-refractivity contribution in [1.82, 2.24) is 0 Å². The van der Waals surface area contributed by atoms with E-state index in [1.54, 1.807) is 7.11 Å². The zero-order chi connectivity index (χ0) is 16.7. The van der Waals surface area contributed by atoms with Crippen LogP contribution < -0.4 is 5.73 Å². The molecule has 0 spiro atoms. The summed E-state index contributed by atoms with van der Waals surface area (Å²) in [5.74, 6) is 1.85. The van der Waals surface area contributed by atoms with Crippen LogP contribution in [0.15, 0.2) is 77.4 Å². The van der Waals surface area contributed by atoms with Crippen molar-refractivity contribution in [3.63, 3.8) is 0 Å². The molecule has 1 aromatic carbocycles. The number of allylic oxidation sites excluding steroid dienone is 5. The maximum absolute atomic E-state index is 6.36. The Morgan fingerprint density at radius 1 is 1.21 bits per heavy atom. The summed E-state index contributed by atoms with van der Waals surface area (Å²) in [5.41, 5.74) is 11.9. The number of hydrogen-bond donors (Lipinski definition) is 1. The van der Waals surface area contributed by atoms with Crippen molar-refractivity contribution < 1.29 is 9.47 Å². The fourth-order valence-corrected chi connectivity index (χ4v) is 3.47. The molecule has 0 radical (unpaired) electrons. The van der Waals surface area contributed by atoms with Crippen molar-refractivity contribution in [1.29, 1.82) is 0 Å². The molecule has 0 bridgehead atoms. The molecule has 2 atom stereocenters. The number of benzene rings is 1. The summed E-state index contributed by atoms with van der Waals surface area (Å²) in [5, 5.41) is 0. The lowest BCUT2D eigenvalue weighted by Crippen LogP contribution is -2.15. The van der Waals surface area contributed by atoms with Crippen molar-refractivity contribution in [2.75, 3.05) is 7.11 Å². The Labute approximate surface area is 142 Å². The summed E-state index contributed by atoms with van der Waals surface area (Å²) in [4.78, 5) is 0.